The average molecular weight is 490 g/mol. The lowest BCUT2D eigenvalue weighted by molar-refractivity contribution is 0.0934. The van der Waals surface area contributed by atoms with Gasteiger partial charge >= 0.3 is 0 Å². The van der Waals surface area contributed by atoms with Crippen molar-refractivity contribution in [2.75, 3.05) is 25.5 Å². The molecule has 4 rings (SSSR count). The lowest BCUT2D eigenvalue weighted by Gasteiger charge is -2.23. The maximum Gasteiger partial charge on any atom is 0.258 e. The highest BCUT2D eigenvalue weighted by Gasteiger charge is 2.30. The van der Waals surface area contributed by atoms with Crippen molar-refractivity contribution in [3.05, 3.63) is 51.9 Å². The normalized spacial score (nSPS) is 16.9. The van der Waals surface area contributed by atoms with Crippen molar-refractivity contribution in [3.63, 3.8) is 0 Å². The molecule has 1 unspecified atom stereocenters. The van der Waals surface area contributed by atoms with Gasteiger partial charge in [0.1, 0.15) is 28.5 Å². The van der Waals surface area contributed by atoms with Gasteiger partial charge in [0.05, 0.1) is 23.4 Å². The van der Waals surface area contributed by atoms with Crippen LogP contribution in [0.1, 0.15) is 60.5 Å². The highest BCUT2D eigenvalue weighted by Crippen LogP contribution is 2.40. The molecule has 3 aromatic rings. The number of nitrogens with two attached hydrogens (primary N) is 1. The number of anilines is 1. The molecule has 1 aliphatic rings. The maximum absolute atomic E-state index is 15.3. The topological polar surface area (TPSA) is 104 Å². The van der Waals surface area contributed by atoms with Crippen LogP contribution >= 0.6 is 11.6 Å². The van der Waals surface area contributed by atoms with Gasteiger partial charge in [0.15, 0.2) is 5.82 Å². The largest absolute Gasteiger partial charge is 0.490 e. The Morgan fingerprint density at radius 3 is 2.88 bits per heavy atom. The van der Waals surface area contributed by atoms with Crippen LogP contribution in [0.25, 0.3) is 5.52 Å². The van der Waals surface area contributed by atoms with Crippen LogP contribution in [0.5, 0.6) is 5.75 Å². The first-order chi connectivity index (χ1) is 16.2. The molecule has 2 aromatic heterocycles. The van der Waals surface area contributed by atoms with Crippen LogP contribution in [-0.4, -0.2) is 46.1 Å². The maximum atomic E-state index is 15.3. The quantitative estimate of drug-likeness (QED) is 0.517. The van der Waals surface area contributed by atoms with Crippen LogP contribution in [0, 0.1) is 18.7 Å². The first-order valence-corrected chi connectivity index (χ1v) is 11.7. The van der Waals surface area contributed by atoms with Crippen molar-refractivity contribution in [2.24, 2.45) is 5.92 Å². The van der Waals surface area contributed by atoms with E-state index < -0.39 is 17.6 Å². The van der Waals surface area contributed by atoms with Gasteiger partial charge < -0.3 is 20.5 Å². The molecule has 0 saturated carbocycles. The zero-order valence-electron chi connectivity index (χ0n) is 19.7. The Morgan fingerprint density at radius 2 is 2.21 bits per heavy atom. The Hall–Kier alpha value is -2.91. The van der Waals surface area contributed by atoms with E-state index in [1.165, 1.54) is 6.07 Å². The van der Waals surface area contributed by atoms with Gasteiger partial charge in [-0.3, -0.25) is 9.20 Å². The van der Waals surface area contributed by atoms with Crippen LogP contribution in [0.4, 0.5) is 10.2 Å². The van der Waals surface area contributed by atoms with Crippen LogP contribution < -0.4 is 15.8 Å². The van der Waals surface area contributed by atoms with E-state index in [1.54, 1.807) is 12.4 Å². The summed E-state index contributed by atoms with van der Waals surface area (Å²) in [6.45, 7) is 9.00. The smallest absolute Gasteiger partial charge is 0.258 e. The number of carbonyl (C=O) groups excluding carboxylic acids is 1. The highest BCUT2D eigenvalue weighted by atomic mass is 35.5. The Balaban J connectivity index is 1.81. The summed E-state index contributed by atoms with van der Waals surface area (Å²) >= 11 is 6.29. The number of halogens is 2. The molecule has 0 bridgehead atoms. The van der Waals surface area contributed by atoms with Crippen molar-refractivity contribution < 1.29 is 18.7 Å². The third-order valence-corrected chi connectivity index (χ3v) is 6.27. The van der Waals surface area contributed by atoms with Crippen molar-refractivity contribution in [2.45, 2.75) is 46.1 Å². The molecule has 1 saturated heterocycles. The summed E-state index contributed by atoms with van der Waals surface area (Å²) in [5, 5.41) is 2.67. The number of carbonyl (C=O) groups is 1. The van der Waals surface area contributed by atoms with Crippen molar-refractivity contribution >= 4 is 28.8 Å². The molecule has 0 spiro atoms. The number of nitrogen functional groups attached to an aromatic ring is 1. The number of imidazole rings is 1. The highest BCUT2D eigenvalue weighted by molar-refractivity contribution is 6.31. The van der Waals surface area contributed by atoms with Gasteiger partial charge in [-0.1, -0.05) is 18.5 Å². The Kier molecular flexibility index (Phi) is 6.95. The molecule has 3 N–H and O–H groups in total. The second-order valence-corrected chi connectivity index (χ2v) is 9.29. The molecular weight excluding hydrogens is 461 g/mol. The van der Waals surface area contributed by atoms with Crippen LogP contribution in [0.2, 0.25) is 5.02 Å². The number of hydrogen-bond donors (Lipinski definition) is 2. The van der Waals surface area contributed by atoms with Gasteiger partial charge in [0.25, 0.3) is 5.91 Å². The lowest BCUT2D eigenvalue weighted by Crippen LogP contribution is -2.31. The first kappa shape index (κ1) is 24.2. The molecule has 0 radical (unpaired) electrons. The number of ether oxygens (including phenoxy) is 2. The molecule has 0 aliphatic carbocycles. The molecule has 1 fully saturated rings. The fourth-order valence-electron chi connectivity index (χ4n) is 4.30. The summed E-state index contributed by atoms with van der Waals surface area (Å²) in [4.78, 5) is 22.0. The number of benzene rings is 1. The van der Waals surface area contributed by atoms with Crippen LogP contribution in [0.15, 0.2) is 18.5 Å². The van der Waals surface area contributed by atoms with Gasteiger partial charge in [0.2, 0.25) is 0 Å². The lowest BCUT2D eigenvalue weighted by atomic mass is 9.95. The summed E-state index contributed by atoms with van der Waals surface area (Å²) in [6.07, 6.45) is 3.90. The van der Waals surface area contributed by atoms with Gasteiger partial charge in [-0.25, -0.2) is 14.4 Å². The van der Waals surface area contributed by atoms with E-state index in [2.05, 4.69) is 10.3 Å². The molecular formula is C24H29ClFN5O3. The van der Waals surface area contributed by atoms with E-state index in [0.717, 1.165) is 6.42 Å². The fourth-order valence-corrected chi connectivity index (χ4v) is 4.51. The number of aromatic nitrogens is 3. The first-order valence-electron chi connectivity index (χ1n) is 11.3. The van der Waals surface area contributed by atoms with E-state index in [0.29, 0.717) is 48.2 Å². The van der Waals surface area contributed by atoms with E-state index in [-0.39, 0.29) is 28.4 Å². The van der Waals surface area contributed by atoms with Gasteiger partial charge in [-0.15, -0.1) is 0 Å². The zero-order chi connectivity index (χ0) is 24.6. The van der Waals surface area contributed by atoms with Gasteiger partial charge in [-0.05, 0) is 33.3 Å². The number of aryl methyl sites for hydroxylation is 1. The molecule has 1 aliphatic heterocycles. The SMILES string of the molecule is Cc1nc(C(C)c2cc(Cl)c(F)c(C(=O)NC[C@H]3CCOC3)c2OC(C)C)n2ccnc(N)c12. The summed E-state index contributed by atoms with van der Waals surface area (Å²) in [5.74, 6) is -0.437. The Bertz CT molecular complexity index is 1220. The molecule has 10 heteroatoms. The second kappa shape index (κ2) is 9.76. The minimum absolute atomic E-state index is 0.154. The van der Waals surface area contributed by atoms with Gasteiger partial charge in [0, 0.05) is 42.9 Å². The van der Waals surface area contributed by atoms with Crippen LogP contribution in [0.3, 0.4) is 0 Å². The number of nitrogens with one attached hydrogen (secondary N) is 1. The number of fused-ring (bicyclic) bond motifs is 1. The molecule has 34 heavy (non-hydrogen) atoms. The Labute approximate surface area is 202 Å². The number of rotatable bonds is 7. The molecule has 3 heterocycles. The van der Waals surface area contributed by atoms with Crippen LogP contribution in [-0.2, 0) is 4.74 Å². The standard InChI is InChI=1S/C24H29ClFN5O3/c1-12(2)34-21-16(13(3)23-30-14(4)20-22(27)28-6-7-31(20)23)9-17(25)19(26)18(21)24(32)29-10-15-5-8-33-11-15/h6-7,9,12-13,15H,5,8,10-11H2,1-4H3,(H2,27,28)(H,29,32)/t13?,15-/m1/s1. The summed E-state index contributed by atoms with van der Waals surface area (Å²) in [5.41, 5.74) is 7.82. The van der Waals surface area contributed by atoms with E-state index in [1.807, 2.05) is 32.1 Å². The van der Waals surface area contributed by atoms with Crippen molar-refractivity contribution in [1.29, 1.82) is 0 Å². The second-order valence-electron chi connectivity index (χ2n) is 8.88. The number of hydrogen-bond acceptors (Lipinski definition) is 6. The molecule has 182 valence electrons. The minimum Gasteiger partial charge on any atom is -0.490 e. The molecule has 1 amide bonds. The number of nitrogens with zero attached hydrogens (tertiary/aromatic N) is 3. The van der Waals surface area contributed by atoms with E-state index >= 15 is 4.39 Å². The van der Waals surface area contributed by atoms with Gasteiger partial charge in [-0.2, -0.15) is 0 Å². The average Bonchev–Trinajstić information content (AvgIpc) is 3.42. The predicted molar refractivity (Wildman–Crippen MR) is 128 cm³/mol. The molecule has 2 atom stereocenters. The summed E-state index contributed by atoms with van der Waals surface area (Å²) < 4.78 is 28.5. The fraction of sp³-hybridized carbons (Fsp3) is 0.458. The third-order valence-electron chi connectivity index (χ3n) is 6.00. The van der Waals surface area contributed by atoms with Crippen molar-refractivity contribution in [1.82, 2.24) is 19.7 Å². The van der Waals surface area contributed by atoms with E-state index in [9.17, 15) is 4.79 Å². The molecule has 8 nitrogen and oxygen atoms in total. The summed E-state index contributed by atoms with van der Waals surface area (Å²) in [6, 6.07) is 1.50. The van der Waals surface area contributed by atoms with E-state index in [4.69, 9.17) is 31.8 Å². The Morgan fingerprint density at radius 1 is 1.44 bits per heavy atom. The predicted octanol–water partition coefficient (Wildman–Crippen LogP) is 4.12. The third kappa shape index (κ3) is 4.54. The number of amides is 1. The summed E-state index contributed by atoms with van der Waals surface area (Å²) in [7, 11) is 0. The monoisotopic (exact) mass is 489 g/mol. The van der Waals surface area contributed by atoms with Crippen molar-refractivity contribution in [3.8, 4) is 5.75 Å². The molecule has 1 aromatic carbocycles. The zero-order valence-corrected chi connectivity index (χ0v) is 20.4. The minimum atomic E-state index is -0.814.